The first kappa shape index (κ1) is 14.6. The Labute approximate surface area is 123 Å². The zero-order valence-corrected chi connectivity index (χ0v) is 11.9. The summed E-state index contributed by atoms with van der Waals surface area (Å²) in [5, 5.41) is 2.76. The fraction of sp³-hybridized carbons (Fsp3) is 0.125. The van der Waals surface area contributed by atoms with Gasteiger partial charge in [0, 0.05) is 42.4 Å². The topological polar surface area (TPSA) is 60.5 Å². The quantitative estimate of drug-likeness (QED) is 0.858. The number of methoxy groups -OCH3 is 2. The van der Waals surface area contributed by atoms with Gasteiger partial charge in [-0.2, -0.15) is 0 Å². The Balaban J connectivity index is 2.07. The van der Waals surface area contributed by atoms with Gasteiger partial charge in [-0.25, -0.2) is 0 Å². The van der Waals surface area contributed by atoms with Crippen LogP contribution in [0.1, 0.15) is 5.56 Å². The van der Waals surface area contributed by atoms with Crippen molar-refractivity contribution >= 4 is 17.7 Å². The SMILES string of the molecule is COc1cc(NC(=O)C=Cc2ccncc2)cc(OC)c1. The molecule has 5 nitrogen and oxygen atoms in total. The highest BCUT2D eigenvalue weighted by atomic mass is 16.5. The zero-order chi connectivity index (χ0) is 15.1. The van der Waals surface area contributed by atoms with Crippen molar-refractivity contribution in [2.24, 2.45) is 0 Å². The molecule has 0 saturated carbocycles. The molecular formula is C16H16N2O3. The minimum atomic E-state index is -0.234. The molecule has 1 amide bonds. The Hall–Kier alpha value is -2.82. The Kier molecular flexibility index (Phi) is 4.93. The molecule has 1 heterocycles. The van der Waals surface area contributed by atoms with Gasteiger partial charge < -0.3 is 14.8 Å². The smallest absolute Gasteiger partial charge is 0.248 e. The number of hydrogen-bond donors (Lipinski definition) is 1. The molecule has 5 heteroatoms. The van der Waals surface area contributed by atoms with Gasteiger partial charge in [-0.1, -0.05) is 0 Å². The Morgan fingerprint density at radius 2 is 1.71 bits per heavy atom. The number of benzene rings is 1. The third-order valence-electron chi connectivity index (χ3n) is 2.75. The molecule has 0 atom stereocenters. The van der Waals surface area contributed by atoms with Gasteiger partial charge in [0.2, 0.25) is 5.91 Å². The summed E-state index contributed by atoms with van der Waals surface area (Å²) in [7, 11) is 3.12. The molecule has 21 heavy (non-hydrogen) atoms. The molecule has 0 aliphatic heterocycles. The van der Waals surface area contributed by atoms with E-state index in [0.29, 0.717) is 17.2 Å². The van der Waals surface area contributed by atoms with Gasteiger partial charge in [0.15, 0.2) is 0 Å². The lowest BCUT2D eigenvalue weighted by atomic mass is 10.2. The van der Waals surface area contributed by atoms with E-state index in [1.165, 1.54) is 6.08 Å². The Bertz CT molecular complexity index is 617. The van der Waals surface area contributed by atoms with E-state index in [1.54, 1.807) is 50.9 Å². The molecule has 1 aromatic heterocycles. The molecule has 1 N–H and O–H groups in total. The maximum absolute atomic E-state index is 11.9. The number of amides is 1. The fourth-order valence-electron chi connectivity index (χ4n) is 1.71. The van der Waals surface area contributed by atoms with Gasteiger partial charge in [-0.05, 0) is 23.8 Å². The molecule has 0 saturated heterocycles. The summed E-state index contributed by atoms with van der Waals surface area (Å²) >= 11 is 0. The Morgan fingerprint density at radius 3 is 2.29 bits per heavy atom. The number of pyridine rings is 1. The maximum Gasteiger partial charge on any atom is 0.248 e. The van der Waals surface area contributed by atoms with Crippen molar-refractivity contribution < 1.29 is 14.3 Å². The zero-order valence-electron chi connectivity index (χ0n) is 11.9. The van der Waals surface area contributed by atoms with Crippen LogP contribution in [0.25, 0.3) is 6.08 Å². The molecule has 0 aliphatic carbocycles. The summed E-state index contributed by atoms with van der Waals surface area (Å²) in [5.74, 6) is 0.993. The van der Waals surface area contributed by atoms with Gasteiger partial charge >= 0.3 is 0 Å². The summed E-state index contributed by atoms with van der Waals surface area (Å²) in [5.41, 5.74) is 1.51. The summed E-state index contributed by atoms with van der Waals surface area (Å²) in [6.45, 7) is 0. The van der Waals surface area contributed by atoms with E-state index in [-0.39, 0.29) is 5.91 Å². The van der Waals surface area contributed by atoms with E-state index in [1.807, 2.05) is 12.1 Å². The number of hydrogen-bond acceptors (Lipinski definition) is 4. The van der Waals surface area contributed by atoms with Crippen LogP contribution < -0.4 is 14.8 Å². The molecular weight excluding hydrogens is 268 g/mol. The summed E-state index contributed by atoms with van der Waals surface area (Å²) in [6.07, 6.45) is 6.52. The van der Waals surface area contributed by atoms with Crippen LogP contribution >= 0.6 is 0 Å². The third kappa shape index (κ3) is 4.35. The molecule has 0 spiro atoms. The van der Waals surface area contributed by atoms with Crippen LogP contribution in [-0.4, -0.2) is 25.1 Å². The van der Waals surface area contributed by atoms with Crippen LogP contribution in [0.3, 0.4) is 0 Å². The maximum atomic E-state index is 11.9. The predicted molar refractivity (Wildman–Crippen MR) is 81.4 cm³/mol. The third-order valence-corrected chi connectivity index (χ3v) is 2.75. The fourth-order valence-corrected chi connectivity index (χ4v) is 1.71. The first-order chi connectivity index (χ1) is 10.2. The van der Waals surface area contributed by atoms with Crippen molar-refractivity contribution in [3.63, 3.8) is 0 Å². The van der Waals surface area contributed by atoms with Gasteiger partial charge in [-0.15, -0.1) is 0 Å². The monoisotopic (exact) mass is 284 g/mol. The molecule has 0 aliphatic rings. The highest BCUT2D eigenvalue weighted by Gasteiger charge is 2.04. The van der Waals surface area contributed by atoms with E-state index >= 15 is 0 Å². The number of nitrogens with one attached hydrogen (secondary N) is 1. The number of nitrogens with zero attached hydrogens (tertiary/aromatic N) is 1. The van der Waals surface area contributed by atoms with Crippen LogP contribution in [0.5, 0.6) is 11.5 Å². The number of anilines is 1. The second-order valence-electron chi connectivity index (χ2n) is 4.20. The van der Waals surface area contributed by atoms with Crippen LogP contribution in [0, 0.1) is 0 Å². The molecule has 0 bridgehead atoms. The van der Waals surface area contributed by atoms with Crippen LogP contribution in [0.15, 0.2) is 48.8 Å². The van der Waals surface area contributed by atoms with Crippen molar-refractivity contribution in [3.8, 4) is 11.5 Å². The van der Waals surface area contributed by atoms with Crippen LogP contribution in [0.4, 0.5) is 5.69 Å². The highest BCUT2D eigenvalue weighted by Crippen LogP contribution is 2.25. The van der Waals surface area contributed by atoms with E-state index in [0.717, 1.165) is 5.56 Å². The van der Waals surface area contributed by atoms with E-state index in [4.69, 9.17) is 9.47 Å². The number of ether oxygens (including phenoxy) is 2. The standard InChI is InChI=1S/C16H16N2O3/c1-20-14-9-13(10-15(11-14)21-2)18-16(19)4-3-12-5-7-17-8-6-12/h3-11H,1-2H3,(H,18,19). The van der Waals surface area contributed by atoms with Gasteiger partial charge in [0.1, 0.15) is 11.5 Å². The van der Waals surface area contributed by atoms with Crippen molar-refractivity contribution in [2.75, 3.05) is 19.5 Å². The van der Waals surface area contributed by atoms with Crippen LogP contribution in [0.2, 0.25) is 0 Å². The molecule has 0 unspecified atom stereocenters. The lowest BCUT2D eigenvalue weighted by Gasteiger charge is -2.08. The molecule has 0 radical (unpaired) electrons. The number of aromatic nitrogens is 1. The van der Waals surface area contributed by atoms with Gasteiger partial charge in [-0.3, -0.25) is 9.78 Å². The highest BCUT2D eigenvalue weighted by molar-refractivity contribution is 6.02. The van der Waals surface area contributed by atoms with E-state index < -0.39 is 0 Å². The normalized spacial score (nSPS) is 10.4. The minimum Gasteiger partial charge on any atom is -0.497 e. The van der Waals surface area contributed by atoms with Crippen molar-refractivity contribution in [2.45, 2.75) is 0 Å². The van der Waals surface area contributed by atoms with Crippen molar-refractivity contribution in [3.05, 3.63) is 54.4 Å². The van der Waals surface area contributed by atoms with E-state index in [2.05, 4.69) is 10.3 Å². The van der Waals surface area contributed by atoms with E-state index in [9.17, 15) is 4.79 Å². The Morgan fingerprint density at radius 1 is 1.10 bits per heavy atom. The lowest BCUT2D eigenvalue weighted by Crippen LogP contribution is -2.08. The molecule has 108 valence electrons. The van der Waals surface area contributed by atoms with Crippen molar-refractivity contribution in [1.29, 1.82) is 0 Å². The number of rotatable bonds is 5. The number of carbonyl (C=O) groups excluding carboxylic acids is 1. The lowest BCUT2D eigenvalue weighted by molar-refractivity contribution is -0.111. The second-order valence-corrected chi connectivity index (χ2v) is 4.20. The number of carbonyl (C=O) groups is 1. The average Bonchev–Trinajstić information content (AvgIpc) is 2.53. The van der Waals surface area contributed by atoms with Crippen molar-refractivity contribution in [1.82, 2.24) is 4.98 Å². The predicted octanol–water partition coefficient (Wildman–Crippen LogP) is 2.75. The second kappa shape index (κ2) is 7.09. The molecule has 2 rings (SSSR count). The van der Waals surface area contributed by atoms with Crippen LogP contribution in [-0.2, 0) is 4.79 Å². The first-order valence-corrected chi connectivity index (χ1v) is 6.33. The average molecular weight is 284 g/mol. The van der Waals surface area contributed by atoms with Gasteiger partial charge in [0.25, 0.3) is 0 Å². The first-order valence-electron chi connectivity index (χ1n) is 6.33. The largest absolute Gasteiger partial charge is 0.497 e. The summed E-state index contributed by atoms with van der Waals surface area (Å²) in [6, 6.07) is 8.82. The molecule has 0 fully saturated rings. The molecule has 2 aromatic rings. The summed E-state index contributed by atoms with van der Waals surface area (Å²) in [4.78, 5) is 15.8. The minimum absolute atomic E-state index is 0.234. The van der Waals surface area contributed by atoms with Gasteiger partial charge in [0.05, 0.1) is 14.2 Å². The molecule has 1 aromatic carbocycles. The summed E-state index contributed by atoms with van der Waals surface area (Å²) < 4.78 is 10.3.